The minimum atomic E-state index is -1.31. The zero-order valence-electron chi connectivity index (χ0n) is 12.7. The Kier molecular flexibility index (Phi) is 5.69. The fourth-order valence-corrected chi connectivity index (χ4v) is 3.00. The monoisotopic (exact) mass is 435 g/mol. The second-order valence-corrected chi connectivity index (χ2v) is 6.64. The van der Waals surface area contributed by atoms with Gasteiger partial charge in [0.15, 0.2) is 5.60 Å². The molecule has 1 heterocycles. The van der Waals surface area contributed by atoms with Gasteiger partial charge in [-0.05, 0) is 24.6 Å². The minimum absolute atomic E-state index is 0.117. The lowest BCUT2D eigenvalue weighted by molar-refractivity contribution is -0.157. The van der Waals surface area contributed by atoms with Crippen LogP contribution in [-0.4, -0.2) is 46.5 Å². The summed E-state index contributed by atoms with van der Waals surface area (Å²) in [7, 11) is 1.58. The Morgan fingerprint density at radius 1 is 1.43 bits per heavy atom. The molecule has 0 aliphatic carbocycles. The zero-order valence-corrected chi connectivity index (χ0v) is 14.9. The number of alkyl carbamates (subject to hydrolysis) is 1. The molecule has 0 bridgehead atoms. The molecule has 1 fully saturated rings. The molecule has 1 aromatic rings. The number of alkyl halides is 1. The first kappa shape index (κ1) is 17.8. The van der Waals surface area contributed by atoms with Gasteiger partial charge >= 0.3 is 12.1 Å². The van der Waals surface area contributed by atoms with Crippen LogP contribution in [0.25, 0.3) is 0 Å². The van der Waals surface area contributed by atoms with Gasteiger partial charge in [0.2, 0.25) is 0 Å². The van der Waals surface area contributed by atoms with Crippen molar-refractivity contribution in [2.45, 2.75) is 29.1 Å². The van der Waals surface area contributed by atoms with E-state index in [1.807, 2.05) is 22.6 Å². The van der Waals surface area contributed by atoms with Crippen molar-refractivity contribution in [3.8, 4) is 5.75 Å². The molecule has 2 N–H and O–H groups in total. The number of carboxylic acid groups (broad SMARTS) is 1. The van der Waals surface area contributed by atoms with Gasteiger partial charge in [-0.2, -0.15) is 0 Å². The molecule has 0 radical (unpaired) electrons. The molecule has 23 heavy (non-hydrogen) atoms. The van der Waals surface area contributed by atoms with Crippen LogP contribution in [0, 0.1) is 0 Å². The summed E-state index contributed by atoms with van der Waals surface area (Å²) in [5, 5.41) is 11.9. The van der Waals surface area contributed by atoms with Gasteiger partial charge in [0, 0.05) is 0 Å². The third-order valence-electron chi connectivity index (χ3n) is 3.70. The number of nitrogens with one attached hydrogen (secondary N) is 1. The molecule has 3 unspecified atom stereocenters. The molecular formula is C15H18INO6. The number of hydrogen-bond donors (Lipinski definition) is 2. The molecule has 2 rings (SSSR count). The lowest BCUT2D eigenvalue weighted by Gasteiger charge is -2.23. The van der Waals surface area contributed by atoms with E-state index in [1.165, 1.54) is 6.92 Å². The smallest absolute Gasteiger partial charge is 0.407 e. The topological polar surface area (TPSA) is 94.1 Å². The first-order valence-electron chi connectivity index (χ1n) is 6.94. The number of benzene rings is 1. The molecule has 1 saturated heterocycles. The van der Waals surface area contributed by atoms with Crippen molar-refractivity contribution in [3.63, 3.8) is 0 Å². The van der Waals surface area contributed by atoms with E-state index in [2.05, 4.69) is 5.32 Å². The third kappa shape index (κ3) is 4.05. The lowest BCUT2D eigenvalue weighted by atomic mass is 10.0. The number of ether oxygens (including phenoxy) is 3. The van der Waals surface area contributed by atoms with Gasteiger partial charge in [0.25, 0.3) is 0 Å². The second-order valence-electron chi connectivity index (χ2n) is 5.30. The van der Waals surface area contributed by atoms with Gasteiger partial charge in [0.1, 0.15) is 12.4 Å². The van der Waals surface area contributed by atoms with Crippen LogP contribution in [0.4, 0.5) is 4.79 Å². The molecule has 1 aromatic carbocycles. The number of hydrogen-bond acceptors (Lipinski definition) is 5. The molecule has 1 aliphatic heterocycles. The summed E-state index contributed by atoms with van der Waals surface area (Å²) < 4.78 is 15.1. The van der Waals surface area contributed by atoms with E-state index in [1.54, 1.807) is 31.4 Å². The van der Waals surface area contributed by atoms with Crippen molar-refractivity contribution in [1.29, 1.82) is 0 Å². The third-order valence-corrected chi connectivity index (χ3v) is 5.76. The maximum Gasteiger partial charge on any atom is 0.407 e. The highest BCUT2D eigenvalue weighted by molar-refractivity contribution is 14.1. The molecule has 0 saturated carbocycles. The van der Waals surface area contributed by atoms with E-state index in [-0.39, 0.29) is 13.2 Å². The molecule has 7 nitrogen and oxygen atoms in total. The number of aliphatic carboxylic acids is 1. The van der Waals surface area contributed by atoms with Gasteiger partial charge in [-0.25, -0.2) is 9.59 Å². The molecule has 1 aliphatic rings. The number of methoxy groups -OCH3 is 1. The van der Waals surface area contributed by atoms with E-state index in [9.17, 15) is 14.7 Å². The summed E-state index contributed by atoms with van der Waals surface area (Å²) in [6.07, 6.45) is -0.606. The summed E-state index contributed by atoms with van der Waals surface area (Å²) in [6.45, 7) is 1.75. The Hall–Kier alpha value is -1.55. The Labute approximate surface area is 147 Å². The first-order valence-corrected chi connectivity index (χ1v) is 8.19. The highest BCUT2D eigenvalue weighted by Gasteiger charge is 2.51. The molecule has 8 heteroatoms. The molecule has 0 spiro atoms. The predicted octanol–water partition coefficient (Wildman–Crippen LogP) is 1.97. The van der Waals surface area contributed by atoms with Crippen molar-refractivity contribution >= 4 is 34.7 Å². The number of rotatable bonds is 5. The number of halogens is 1. The maximum absolute atomic E-state index is 11.9. The Bertz CT molecular complexity index is 578. The summed E-state index contributed by atoms with van der Waals surface area (Å²) >= 11 is 1.98. The summed E-state index contributed by atoms with van der Waals surface area (Å²) in [6, 6.07) is 6.74. The fourth-order valence-electron chi connectivity index (χ4n) is 2.17. The number of carbonyl (C=O) groups excluding carboxylic acids is 1. The van der Waals surface area contributed by atoms with Gasteiger partial charge in [-0.1, -0.05) is 34.7 Å². The van der Waals surface area contributed by atoms with Gasteiger partial charge < -0.3 is 24.6 Å². The van der Waals surface area contributed by atoms with E-state index >= 15 is 0 Å². The van der Waals surface area contributed by atoms with Crippen molar-refractivity contribution in [3.05, 3.63) is 29.8 Å². The van der Waals surface area contributed by atoms with Crippen LogP contribution in [0.1, 0.15) is 12.5 Å². The highest BCUT2D eigenvalue weighted by atomic mass is 127. The van der Waals surface area contributed by atoms with E-state index in [0.29, 0.717) is 0 Å². The van der Waals surface area contributed by atoms with Gasteiger partial charge in [0.05, 0.1) is 23.7 Å². The van der Waals surface area contributed by atoms with Gasteiger partial charge in [-0.3, -0.25) is 0 Å². The normalized spacial score (nSPS) is 26.6. The molecule has 3 atom stereocenters. The van der Waals surface area contributed by atoms with Crippen molar-refractivity contribution in [2.24, 2.45) is 0 Å². The van der Waals surface area contributed by atoms with E-state index in [4.69, 9.17) is 14.2 Å². The van der Waals surface area contributed by atoms with Crippen LogP contribution >= 0.6 is 22.6 Å². The lowest BCUT2D eigenvalue weighted by Crippen LogP contribution is -2.48. The molecular weight excluding hydrogens is 417 g/mol. The number of carbonyl (C=O) groups is 2. The molecule has 1 amide bonds. The second kappa shape index (κ2) is 7.35. The van der Waals surface area contributed by atoms with Crippen LogP contribution in [0.5, 0.6) is 5.75 Å². The average molecular weight is 435 g/mol. The summed E-state index contributed by atoms with van der Waals surface area (Å²) in [4.78, 5) is 23.1. The van der Waals surface area contributed by atoms with E-state index in [0.717, 1.165) is 11.3 Å². The quantitative estimate of drug-likeness (QED) is 0.543. The fraction of sp³-hybridized carbons (Fsp3) is 0.467. The van der Waals surface area contributed by atoms with Crippen LogP contribution in [0.2, 0.25) is 0 Å². The van der Waals surface area contributed by atoms with Crippen LogP contribution in [0.3, 0.4) is 0 Å². The number of carboxylic acids is 1. The minimum Gasteiger partial charge on any atom is -0.497 e. The summed E-state index contributed by atoms with van der Waals surface area (Å²) in [5.74, 6) is -0.324. The number of amides is 1. The van der Waals surface area contributed by atoms with Crippen molar-refractivity contribution in [1.82, 2.24) is 5.32 Å². The van der Waals surface area contributed by atoms with Crippen molar-refractivity contribution in [2.75, 3.05) is 13.7 Å². The predicted molar refractivity (Wildman–Crippen MR) is 89.9 cm³/mol. The Balaban J connectivity index is 1.84. The Morgan fingerprint density at radius 2 is 2.09 bits per heavy atom. The molecule has 0 aromatic heterocycles. The summed E-state index contributed by atoms with van der Waals surface area (Å²) in [5.41, 5.74) is -0.487. The highest BCUT2D eigenvalue weighted by Crippen LogP contribution is 2.32. The Morgan fingerprint density at radius 3 is 2.61 bits per heavy atom. The van der Waals surface area contributed by atoms with Gasteiger partial charge in [-0.15, -0.1) is 0 Å². The van der Waals surface area contributed by atoms with E-state index < -0.39 is 27.6 Å². The van der Waals surface area contributed by atoms with Crippen LogP contribution in [0.15, 0.2) is 24.3 Å². The van der Waals surface area contributed by atoms with Crippen LogP contribution < -0.4 is 10.1 Å². The van der Waals surface area contributed by atoms with Crippen LogP contribution in [-0.2, 0) is 20.9 Å². The zero-order chi connectivity index (χ0) is 17.0. The standard InChI is InChI=1S/C15H18INO6/c1-15(13(18)19)12(16)11(8-23-15)17-14(20)22-7-9-3-5-10(21-2)6-4-9/h3-6,11-12H,7-8H2,1-2H3,(H,17,20)(H,18,19). The average Bonchev–Trinajstić information content (AvgIpc) is 2.83. The van der Waals surface area contributed by atoms with Crippen molar-refractivity contribution < 1.29 is 28.9 Å². The first-order chi connectivity index (χ1) is 10.9. The maximum atomic E-state index is 11.9. The molecule has 126 valence electrons. The largest absolute Gasteiger partial charge is 0.497 e. The SMILES string of the molecule is COc1ccc(COC(=O)NC2COC(C)(C(=O)O)C2I)cc1.